The maximum absolute atomic E-state index is 13.4. The molecule has 3 aromatic rings. The minimum atomic E-state index is -1.29. The van der Waals surface area contributed by atoms with E-state index in [1.807, 2.05) is 0 Å². The average Bonchev–Trinajstić information content (AvgIpc) is 2.99. The summed E-state index contributed by atoms with van der Waals surface area (Å²) in [6, 6.07) is 13.6. The fraction of sp³-hybridized carbons (Fsp3) is 0. The molecule has 0 saturated carbocycles. The Hall–Kier alpha value is -3.30. The van der Waals surface area contributed by atoms with Crippen LogP contribution < -0.4 is 10.6 Å². The minimum absolute atomic E-state index is 0.0185. The van der Waals surface area contributed by atoms with Crippen LogP contribution in [0.5, 0.6) is 0 Å². The first-order valence-corrected chi connectivity index (χ1v) is 10.4. The summed E-state index contributed by atoms with van der Waals surface area (Å²) in [6.07, 6.45) is 0. The van der Waals surface area contributed by atoms with Crippen LogP contribution in [-0.2, 0) is 0 Å². The number of nitrogens with zero attached hydrogens (tertiary/aromatic N) is 1. The number of amides is 2. The van der Waals surface area contributed by atoms with Crippen LogP contribution in [0.4, 0.5) is 11.4 Å². The van der Waals surface area contributed by atoms with E-state index in [4.69, 9.17) is 5.73 Å². The Morgan fingerprint density at radius 3 is 1.94 bits per heavy atom. The van der Waals surface area contributed by atoms with Crippen LogP contribution in [0.25, 0.3) is 0 Å². The molecule has 1 aliphatic heterocycles. The number of aromatic carboxylic acids is 1. The summed E-state index contributed by atoms with van der Waals surface area (Å²) in [5.41, 5.74) is 6.03. The van der Waals surface area contributed by atoms with Crippen molar-refractivity contribution in [2.75, 3.05) is 10.6 Å². The normalized spacial score (nSPS) is 12.8. The summed E-state index contributed by atoms with van der Waals surface area (Å²) < 4.78 is 0.878. The van der Waals surface area contributed by atoms with Crippen LogP contribution in [-0.4, -0.2) is 28.7 Å². The van der Waals surface area contributed by atoms with Crippen molar-refractivity contribution in [3.8, 4) is 0 Å². The first-order chi connectivity index (χ1) is 14.7. The van der Waals surface area contributed by atoms with E-state index >= 15 is 0 Å². The van der Waals surface area contributed by atoms with E-state index in [2.05, 4.69) is 31.9 Å². The zero-order chi connectivity index (χ0) is 22.4. The molecule has 2 amide bonds. The molecule has 7 nitrogen and oxygen atoms in total. The largest absolute Gasteiger partial charge is 0.478 e. The Bertz CT molecular complexity index is 1280. The summed E-state index contributed by atoms with van der Waals surface area (Å²) >= 11 is 6.49. The number of fused-ring (bicyclic) bond motifs is 1. The maximum atomic E-state index is 13.4. The highest BCUT2D eigenvalue weighted by Gasteiger charge is 2.38. The highest BCUT2D eigenvalue weighted by atomic mass is 79.9. The number of carboxylic acid groups (broad SMARTS) is 1. The number of anilines is 2. The molecule has 4 rings (SSSR count). The number of carbonyl (C=O) groups is 4. The van der Waals surface area contributed by atoms with Crippen molar-refractivity contribution in [3.63, 3.8) is 0 Å². The first-order valence-electron chi connectivity index (χ1n) is 8.85. The third-order valence-corrected chi connectivity index (χ3v) is 5.81. The average molecular weight is 544 g/mol. The van der Waals surface area contributed by atoms with Gasteiger partial charge >= 0.3 is 5.97 Å². The van der Waals surface area contributed by atoms with Crippen molar-refractivity contribution in [2.24, 2.45) is 0 Å². The molecule has 0 unspecified atom stereocenters. The number of nitrogen functional groups attached to an aromatic ring is 1. The quantitative estimate of drug-likeness (QED) is 0.284. The van der Waals surface area contributed by atoms with Gasteiger partial charge in [-0.3, -0.25) is 14.4 Å². The number of nitrogens with two attached hydrogens (primary N) is 1. The smallest absolute Gasteiger partial charge is 0.337 e. The van der Waals surface area contributed by atoms with Crippen molar-refractivity contribution >= 4 is 66.8 Å². The van der Waals surface area contributed by atoms with Gasteiger partial charge in [-0.05, 0) is 42.5 Å². The van der Waals surface area contributed by atoms with Gasteiger partial charge in [-0.15, -0.1) is 0 Å². The second-order valence-corrected chi connectivity index (χ2v) is 8.53. The SMILES string of the molecule is Nc1c(C(=O)O)cc(Br)cc1C(=O)c1cc(Br)ccc1N1C(=O)c2ccccc2C1=O. The van der Waals surface area contributed by atoms with Gasteiger partial charge in [0.25, 0.3) is 11.8 Å². The van der Waals surface area contributed by atoms with Gasteiger partial charge in [0.1, 0.15) is 0 Å². The molecule has 31 heavy (non-hydrogen) atoms. The number of ketones is 1. The molecule has 0 saturated heterocycles. The van der Waals surface area contributed by atoms with E-state index in [0.717, 1.165) is 4.90 Å². The lowest BCUT2D eigenvalue weighted by Crippen LogP contribution is -2.31. The third kappa shape index (κ3) is 3.45. The number of rotatable bonds is 4. The molecule has 0 aliphatic carbocycles. The van der Waals surface area contributed by atoms with Crippen molar-refractivity contribution in [1.29, 1.82) is 0 Å². The maximum Gasteiger partial charge on any atom is 0.337 e. The topological polar surface area (TPSA) is 118 Å². The van der Waals surface area contributed by atoms with Crippen LogP contribution in [0.1, 0.15) is 47.0 Å². The third-order valence-electron chi connectivity index (χ3n) is 4.86. The van der Waals surface area contributed by atoms with E-state index in [1.54, 1.807) is 30.3 Å². The zero-order valence-electron chi connectivity index (χ0n) is 15.6. The molecule has 3 aromatic carbocycles. The van der Waals surface area contributed by atoms with Gasteiger partial charge in [0, 0.05) is 20.1 Å². The van der Waals surface area contributed by atoms with Crippen LogP contribution in [0.2, 0.25) is 0 Å². The Balaban J connectivity index is 1.89. The summed E-state index contributed by atoms with van der Waals surface area (Å²) in [7, 11) is 0. The molecule has 1 aliphatic rings. The van der Waals surface area contributed by atoms with Gasteiger partial charge < -0.3 is 10.8 Å². The van der Waals surface area contributed by atoms with E-state index in [-0.39, 0.29) is 39.2 Å². The molecule has 0 fully saturated rings. The number of hydrogen-bond acceptors (Lipinski definition) is 5. The van der Waals surface area contributed by atoms with Gasteiger partial charge in [0.2, 0.25) is 0 Å². The lowest BCUT2D eigenvalue weighted by molar-refractivity contribution is 0.0697. The summed E-state index contributed by atoms with van der Waals surface area (Å²) in [5.74, 6) is -3.02. The van der Waals surface area contributed by atoms with Crippen molar-refractivity contribution in [2.45, 2.75) is 0 Å². The van der Waals surface area contributed by atoms with Crippen LogP contribution >= 0.6 is 31.9 Å². The highest BCUT2D eigenvalue weighted by Crippen LogP contribution is 2.35. The minimum Gasteiger partial charge on any atom is -0.478 e. The number of imide groups is 1. The number of halogens is 2. The van der Waals surface area contributed by atoms with Gasteiger partial charge in [-0.25, -0.2) is 9.69 Å². The number of hydrogen-bond donors (Lipinski definition) is 2. The zero-order valence-corrected chi connectivity index (χ0v) is 18.7. The second-order valence-electron chi connectivity index (χ2n) is 6.70. The molecule has 0 bridgehead atoms. The Morgan fingerprint density at radius 1 is 0.806 bits per heavy atom. The fourth-order valence-corrected chi connectivity index (χ4v) is 4.24. The lowest BCUT2D eigenvalue weighted by Gasteiger charge is -2.19. The van der Waals surface area contributed by atoms with Gasteiger partial charge in [0.05, 0.1) is 28.1 Å². The van der Waals surface area contributed by atoms with Crippen molar-refractivity contribution in [1.82, 2.24) is 0 Å². The summed E-state index contributed by atoms with van der Waals surface area (Å²) in [5, 5.41) is 9.39. The standard InChI is InChI=1S/C22H12Br2N2O5/c23-10-5-6-17(26-20(28)12-3-1-2-4-13(12)21(26)29)14(7-10)19(27)15-8-11(24)9-16(18(15)25)22(30)31/h1-9H,25H2,(H,30,31). The van der Waals surface area contributed by atoms with Gasteiger partial charge in [-0.1, -0.05) is 44.0 Å². The first kappa shape index (κ1) is 21.0. The van der Waals surface area contributed by atoms with E-state index < -0.39 is 23.6 Å². The molecule has 3 N–H and O–H groups in total. The van der Waals surface area contributed by atoms with Gasteiger partial charge in [0.15, 0.2) is 5.78 Å². The van der Waals surface area contributed by atoms with E-state index in [1.165, 1.54) is 24.3 Å². The number of carboxylic acids is 1. The molecule has 0 atom stereocenters. The number of carbonyl (C=O) groups excluding carboxylic acids is 3. The number of benzene rings is 3. The van der Waals surface area contributed by atoms with E-state index in [0.29, 0.717) is 8.95 Å². The molecule has 154 valence electrons. The van der Waals surface area contributed by atoms with Crippen molar-refractivity contribution < 1.29 is 24.3 Å². The molecule has 0 radical (unpaired) electrons. The fourth-order valence-electron chi connectivity index (χ4n) is 3.42. The monoisotopic (exact) mass is 542 g/mol. The molecule has 1 heterocycles. The van der Waals surface area contributed by atoms with E-state index in [9.17, 15) is 24.3 Å². The predicted molar refractivity (Wildman–Crippen MR) is 121 cm³/mol. The van der Waals surface area contributed by atoms with Gasteiger partial charge in [-0.2, -0.15) is 0 Å². The predicted octanol–water partition coefficient (Wildman–Crippen LogP) is 4.52. The lowest BCUT2D eigenvalue weighted by atomic mass is 9.97. The van der Waals surface area contributed by atoms with Crippen LogP contribution in [0.15, 0.2) is 63.5 Å². The molecular formula is C22H12Br2N2O5. The molecule has 0 aromatic heterocycles. The van der Waals surface area contributed by atoms with Crippen molar-refractivity contribution in [3.05, 3.63) is 91.4 Å². The second kappa shape index (κ2) is 7.75. The Labute approximate surface area is 192 Å². The molecule has 0 spiro atoms. The molecule has 9 heteroatoms. The summed E-state index contributed by atoms with van der Waals surface area (Å²) in [6.45, 7) is 0. The van der Waals surface area contributed by atoms with Crippen LogP contribution in [0.3, 0.4) is 0 Å². The Morgan fingerprint density at radius 2 is 1.35 bits per heavy atom. The molecular weight excluding hydrogens is 532 g/mol. The summed E-state index contributed by atoms with van der Waals surface area (Å²) in [4.78, 5) is 51.8. The Kier molecular flexibility index (Phi) is 5.24. The highest BCUT2D eigenvalue weighted by molar-refractivity contribution is 9.10. The van der Waals surface area contributed by atoms with Crippen LogP contribution in [0, 0.1) is 0 Å².